The van der Waals surface area contributed by atoms with E-state index in [1.54, 1.807) is 0 Å². The Hall–Kier alpha value is -1.79. The summed E-state index contributed by atoms with van der Waals surface area (Å²) >= 11 is 3.39. The molecule has 3 nitrogen and oxygen atoms in total. The van der Waals surface area contributed by atoms with Gasteiger partial charge in [-0.3, -0.25) is 9.69 Å². The van der Waals surface area contributed by atoms with E-state index in [0.717, 1.165) is 48.1 Å². The number of amides is 1. The van der Waals surface area contributed by atoms with Gasteiger partial charge in [0.2, 0.25) is 5.91 Å². The van der Waals surface area contributed by atoms with Crippen LogP contribution in [0.4, 0.5) is 14.5 Å². The number of benzene rings is 2. The molecule has 1 aliphatic heterocycles. The molecule has 2 aromatic rings. The van der Waals surface area contributed by atoms with Crippen molar-refractivity contribution in [1.29, 1.82) is 0 Å². The molecule has 1 saturated heterocycles. The number of carbonyl (C=O) groups excluding carboxylic acids is 1. The quantitative estimate of drug-likeness (QED) is 0.827. The summed E-state index contributed by atoms with van der Waals surface area (Å²) in [5.41, 5.74) is 0.836. The van der Waals surface area contributed by atoms with Crippen molar-refractivity contribution in [2.75, 3.05) is 18.4 Å². The summed E-state index contributed by atoms with van der Waals surface area (Å²) in [6.45, 7) is 1.64. The molecule has 1 aliphatic rings. The smallest absolute Gasteiger partial charge is 0.246 e. The minimum atomic E-state index is -0.778. The van der Waals surface area contributed by atoms with E-state index in [0.29, 0.717) is 0 Å². The molecule has 0 bridgehead atoms. The summed E-state index contributed by atoms with van der Waals surface area (Å²) in [4.78, 5) is 14.9. The van der Waals surface area contributed by atoms with E-state index in [-0.39, 0.29) is 11.6 Å². The van der Waals surface area contributed by atoms with Crippen LogP contribution in [-0.4, -0.2) is 23.9 Å². The predicted molar refractivity (Wildman–Crippen MR) is 92.7 cm³/mol. The summed E-state index contributed by atoms with van der Waals surface area (Å²) in [7, 11) is 0. The van der Waals surface area contributed by atoms with Crippen LogP contribution >= 0.6 is 15.9 Å². The van der Waals surface area contributed by atoms with Gasteiger partial charge in [-0.25, -0.2) is 8.78 Å². The Balaban J connectivity index is 1.86. The van der Waals surface area contributed by atoms with Gasteiger partial charge in [-0.05, 0) is 55.8 Å². The predicted octanol–water partition coefficient (Wildman–Crippen LogP) is 4.50. The maximum Gasteiger partial charge on any atom is 0.246 e. The van der Waals surface area contributed by atoms with Gasteiger partial charge in [0.15, 0.2) is 0 Å². The minimum Gasteiger partial charge on any atom is -0.322 e. The van der Waals surface area contributed by atoms with Crippen LogP contribution in [-0.2, 0) is 4.79 Å². The zero-order valence-corrected chi connectivity index (χ0v) is 14.5. The number of anilines is 1. The SMILES string of the molecule is O=C(Nc1ccc(F)cc1F)[C@H](c1ccc(Br)cc1)N1CCCC1. The van der Waals surface area contributed by atoms with Crippen LogP contribution in [0.1, 0.15) is 24.4 Å². The second-order valence-electron chi connectivity index (χ2n) is 5.81. The number of nitrogens with zero attached hydrogens (tertiary/aromatic N) is 1. The van der Waals surface area contributed by atoms with Gasteiger partial charge in [-0.2, -0.15) is 0 Å². The molecule has 24 heavy (non-hydrogen) atoms. The third-order valence-electron chi connectivity index (χ3n) is 4.13. The number of nitrogens with one attached hydrogen (secondary N) is 1. The third kappa shape index (κ3) is 3.82. The van der Waals surface area contributed by atoms with Crippen LogP contribution in [0.3, 0.4) is 0 Å². The Morgan fingerprint density at radius 3 is 2.38 bits per heavy atom. The molecule has 1 heterocycles. The number of halogens is 3. The van der Waals surface area contributed by atoms with Crippen molar-refractivity contribution < 1.29 is 13.6 Å². The number of hydrogen-bond donors (Lipinski definition) is 1. The van der Waals surface area contributed by atoms with Gasteiger partial charge in [-0.15, -0.1) is 0 Å². The number of rotatable bonds is 4. The van der Waals surface area contributed by atoms with E-state index >= 15 is 0 Å². The molecule has 1 N–H and O–H groups in total. The molecule has 126 valence electrons. The molecule has 2 aromatic carbocycles. The highest BCUT2D eigenvalue weighted by Crippen LogP contribution is 2.28. The average molecular weight is 395 g/mol. The molecule has 0 radical (unpaired) electrons. The van der Waals surface area contributed by atoms with Crippen LogP contribution in [0.2, 0.25) is 0 Å². The first-order valence-electron chi connectivity index (χ1n) is 7.80. The molecule has 0 spiro atoms. The van der Waals surface area contributed by atoms with Crippen molar-refractivity contribution in [2.24, 2.45) is 0 Å². The second kappa shape index (κ2) is 7.40. The number of hydrogen-bond acceptors (Lipinski definition) is 2. The second-order valence-corrected chi connectivity index (χ2v) is 6.73. The monoisotopic (exact) mass is 394 g/mol. The van der Waals surface area contributed by atoms with Crippen molar-refractivity contribution in [2.45, 2.75) is 18.9 Å². The lowest BCUT2D eigenvalue weighted by Crippen LogP contribution is -2.35. The van der Waals surface area contributed by atoms with Crippen molar-refractivity contribution in [3.8, 4) is 0 Å². The summed E-state index contributed by atoms with van der Waals surface area (Å²) in [5, 5.41) is 2.59. The maximum atomic E-state index is 13.8. The zero-order chi connectivity index (χ0) is 17.1. The molecular formula is C18H17BrF2N2O. The van der Waals surface area contributed by atoms with Crippen molar-refractivity contribution in [1.82, 2.24) is 4.90 Å². The lowest BCUT2D eigenvalue weighted by atomic mass is 10.0. The molecule has 3 rings (SSSR count). The highest BCUT2D eigenvalue weighted by molar-refractivity contribution is 9.10. The highest BCUT2D eigenvalue weighted by atomic mass is 79.9. The Kier molecular flexibility index (Phi) is 5.26. The minimum absolute atomic E-state index is 0.0114. The van der Waals surface area contributed by atoms with E-state index in [4.69, 9.17) is 0 Å². The fraction of sp³-hybridized carbons (Fsp3) is 0.278. The zero-order valence-electron chi connectivity index (χ0n) is 12.9. The lowest BCUT2D eigenvalue weighted by Gasteiger charge is -2.27. The van der Waals surface area contributed by atoms with E-state index < -0.39 is 17.7 Å². The summed E-state index contributed by atoms with van der Waals surface area (Å²) < 4.78 is 27.8. The van der Waals surface area contributed by atoms with Crippen LogP contribution in [0.5, 0.6) is 0 Å². The van der Waals surface area contributed by atoms with Crippen LogP contribution < -0.4 is 5.32 Å². The van der Waals surface area contributed by atoms with Gasteiger partial charge in [0.05, 0.1) is 5.69 Å². The average Bonchev–Trinajstić information content (AvgIpc) is 3.06. The molecule has 0 saturated carbocycles. The fourth-order valence-corrected chi connectivity index (χ4v) is 3.23. The molecule has 1 atom stereocenters. The van der Waals surface area contributed by atoms with E-state index in [1.165, 1.54) is 6.07 Å². The molecular weight excluding hydrogens is 378 g/mol. The van der Waals surface area contributed by atoms with Gasteiger partial charge in [0, 0.05) is 10.5 Å². The van der Waals surface area contributed by atoms with Crippen LogP contribution in [0.25, 0.3) is 0 Å². The first-order chi connectivity index (χ1) is 11.5. The van der Waals surface area contributed by atoms with E-state index in [9.17, 15) is 13.6 Å². The van der Waals surface area contributed by atoms with Crippen molar-refractivity contribution in [3.05, 3.63) is 64.1 Å². The number of likely N-dealkylation sites (tertiary alicyclic amines) is 1. The van der Waals surface area contributed by atoms with E-state index in [2.05, 4.69) is 26.1 Å². The Labute approximate surface area is 147 Å². The van der Waals surface area contributed by atoms with Crippen LogP contribution in [0, 0.1) is 11.6 Å². The van der Waals surface area contributed by atoms with Crippen LogP contribution in [0.15, 0.2) is 46.9 Å². The van der Waals surface area contributed by atoms with Gasteiger partial charge < -0.3 is 5.32 Å². The summed E-state index contributed by atoms with van der Waals surface area (Å²) in [6, 6.07) is 10.2. The standard InChI is InChI=1S/C18H17BrF2N2O/c19-13-5-3-12(4-6-13)17(23-9-1-2-10-23)18(24)22-16-8-7-14(20)11-15(16)21/h3-8,11,17H,1-2,9-10H2,(H,22,24)/t17-/m0/s1. The van der Waals surface area contributed by atoms with Crippen molar-refractivity contribution >= 4 is 27.5 Å². The van der Waals surface area contributed by atoms with Gasteiger partial charge in [0.1, 0.15) is 17.7 Å². The molecule has 6 heteroatoms. The molecule has 0 unspecified atom stereocenters. The highest BCUT2D eigenvalue weighted by Gasteiger charge is 2.30. The Morgan fingerprint density at radius 1 is 1.08 bits per heavy atom. The van der Waals surface area contributed by atoms with Gasteiger partial charge in [0.25, 0.3) is 0 Å². The topological polar surface area (TPSA) is 32.3 Å². The Bertz CT molecular complexity index is 730. The largest absolute Gasteiger partial charge is 0.322 e. The molecule has 1 amide bonds. The molecule has 0 aromatic heterocycles. The summed E-state index contributed by atoms with van der Waals surface area (Å²) in [6.07, 6.45) is 2.07. The first kappa shape index (κ1) is 17.0. The number of carbonyl (C=O) groups is 1. The third-order valence-corrected chi connectivity index (χ3v) is 4.66. The normalized spacial score (nSPS) is 16.1. The molecule has 1 fully saturated rings. The van der Waals surface area contributed by atoms with Crippen molar-refractivity contribution in [3.63, 3.8) is 0 Å². The summed E-state index contributed by atoms with van der Waals surface area (Å²) in [5.74, 6) is -1.77. The van der Waals surface area contributed by atoms with E-state index in [1.807, 2.05) is 24.3 Å². The fourth-order valence-electron chi connectivity index (χ4n) is 2.96. The Morgan fingerprint density at radius 2 is 1.75 bits per heavy atom. The lowest BCUT2D eigenvalue weighted by molar-refractivity contribution is -0.121. The first-order valence-corrected chi connectivity index (χ1v) is 8.59. The maximum absolute atomic E-state index is 13.8. The van der Waals surface area contributed by atoms with Gasteiger partial charge >= 0.3 is 0 Å². The molecule has 0 aliphatic carbocycles. The van der Waals surface area contributed by atoms with Gasteiger partial charge in [-0.1, -0.05) is 28.1 Å².